The van der Waals surface area contributed by atoms with E-state index in [-0.39, 0.29) is 0 Å². The number of hydrogen-bond donors (Lipinski definition) is 0. The molecule has 1 aliphatic rings. The van der Waals surface area contributed by atoms with Crippen molar-refractivity contribution in [3.63, 3.8) is 0 Å². The molecule has 0 aromatic carbocycles. The van der Waals surface area contributed by atoms with Gasteiger partial charge in [0, 0.05) is 0 Å². The lowest BCUT2D eigenvalue weighted by Crippen LogP contribution is -2.29. The quantitative estimate of drug-likeness (QED) is 0.472. The minimum absolute atomic E-state index is 0.478. The molecule has 1 fully saturated rings. The van der Waals surface area contributed by atoms with E-state index in [1.807, 2.05) is 0 Å². The van der Waals surface area contributed by atoms with Crippen molar-refractivity contribution < 1.29 is 0 Å². The van der Waals surface area contributed by atoms with Gasteiger partial charge in [-0.25, -0.2) is 0 Å². The number of rotatable bonds is 7. The second-order valence-electron chi connectivity index (χ2n) is 5.65. The Morgan fingerprint density at radius 2 is 1.53 bits per heavy atom. The minimum atomic E-state index is 0.478. The first-order chi connectivity index (χ1) is 8.33. The topological polar surface area (TPSA) is 3.24 Å². The fourth-order valence-electron chi connectivity index (χ4n) is 2.75. The van der Waals surface area contributed by atoms with Crippen LogP contribution in [-0.4, -0.2) is 32.4 Å². The molecule has 1 aliphatic heterocycles. The summed E-state index contributed by atoms with van der Waals surface area (Å²) in [7, 11) is 6.00. The molecule has 0 aromatic rings. The number of unbranched alkanes of at least 4 members (excludes halogenated alkanes) is 5. The number of nitrogens with zero attached hydrogens (tertiary/aromatic N) is 1. The highest BCUT2D eigenvalue weighted by Crippen LogP contribution is 2.19. The molecule has 1 rings (SSSR count). The molecule has 0 spiro atoms. The van der Waals surface area contributed by atoms with E-state index in [0.29, 0.717) is 5.82 Å². The Balaban J connectivity index is 1.98. The van der Waals surface area contributed by atoms with Crippen LogP contribution in [0.25, 0.3) is 0 Å². The van der Waals surface area contributed by atoms with E-state index >= 15 is 0 Å². The molecule has 0 atom stereocenters. The van der Waals surface area contributed by atoms with Gasteiger partial charge in [-0.2, -0.15) is 0 Å². The van der Waals surface area contributed by atoms with Gasteiger partial charge in [0.1, 0.15) is 0 Å². The molecule has 0 aliphatic carbocycles. The highest BCUT2D eigenvalue weighted by atomic mass is 15.1. The third-order valence-corrected chi connectivity index (χ3v) is 3.93. The smallest absolute Gasteiger partial charge is 0.0699 e. The summed E-state index contributed by atoms with van der Waals surface area (Å²) in [6.45, 7) is 6.16. The van der Waals surface area contributed by atoms with Crippen molar-refractivity contribution >= 4 is 7.85 Å². The molecule has 2 heteroatoms. The van der Waals surface area contributed by atoms with Gasteiger partial charge in [0.25, 0.3) is 0 Å². The van der Waals surface area contributed by atoms with Crippen LogP contribution >= 0.6 is 0 Å². The van der Waals surface area contributed by atoms with Crippen LogP contribution in [0.5, 0.6) is 0 Å². The monoisotopic (exact) mass is 235 g/mol. The molecule has 0 amide bonds. The summed E-state index contributed by atoms with van der Waals surface area (Å²) in [6, 6.07) is 0. The van der Waals surface area contributed by atoms with Gasteiger partial charge in [-0.15, -0.1) is 0 Å². The van der Waals surface area contributed by atoms with E-state index < -0.39 is 0 Å². The lowest BCUT2D eigenvalue weighted by molar-refractivity contribution is 0.242. The molecule has 0 saturated carbocycles. The molecule has 98 valence electrons. The second kappa shape index (κ2) is 9.99. The van der Waals surface area contributed by atoms with Crippen LogP contribution in [0, 0.1) is 0 Å². The number of hydrogen-bond acceptors (Lipinski definition) is 1. The van der Waals surface area contributed by atoms with E-state index in [9.17, 15) is 0 Å². The summed E-state index contributed by atoms with van der Waals surface area (Å²) in [6.07, 6.45) is 13.5. The van der Waals surface area contributed by atoms with E-state index in [0.717, 1.165) is 0 Å². The van der Waals surface area contributed by atoms with Crippen LogP contribution in [-0.2, 0) is 0 Å². The third-order valence-electron chi connectivity index (χ3n) is 3.93. The second-order valence-corrected chi connectivity index (χ2v) is 5.65. The molecule has 0 N–H and O–H groups in total. The van der Waals surface area contributed by atoms with Crippen LogP contribution in [0.2, 0.25) is 5.82 Å². The first-order valence-corrected chi connectivity index (χ1v) is 7.81. The summed E-state index contributed by atoms with van der Waals surface area (Å²) in [5.41, 5.74) is 0. The van der Waals surface area contributed by atoms with Crippen LogP contribution < -0.4 is 0 Å². The molecular formula is C15H30BN. The Morgan fingerprint density at radius 1 is 0.941 bits per heavy atom. The normalized spacial score (nSPS) is 20.1. The van der Waals surface area contributed by atoms with Crippen LogP contribution in [0.3, 0.4) is 0 Å². The summed E-state index contributed by atoms with van der Waals surface area (Å²) < 4.78 is 0. The average Bonchev–Trinajstić information content (AvgIpc) is 2.29. The van der Waals surface area contributed by atoms with Gasteiger partial charge in [0.15, 0.2) is 0 Å². The van der Waals surface area contributed by atoms with Gasteiger partial charge in [0.05, 0.1) is 7.85 Å². The van der Waals surface area contributed by atoms with Crippen LogP contribution in [0.1, 0.15) is 71.1 Å². The van der Waals surface area contributed by atoms with E-state index in [2.05, 4.69) is 11.8 Å². The van der Waals surface area contributed by atoms with Gasteiger partial charge in [0.2, 0.25) is 0 Å². The molecule has 17 heavy (non-hydrogen) atoms. The van der Waals surface area contributed by atoms with Crippen molar-refractivity contribution in [2.45, 2.75) is 76.9 Å². The minimum Gasteiger partial charge on any atom is -0.303 e. The maximum absolute atomic E-state index is 6.00. The summed E-state index contributed by atoms with van der Waals surface area (Å²) in [4.78, 5) is 2.66. The maximum Gasteiger partial charge on any atom is 0.0699 e. The molecular weight excluding hydrogens is 205 g/mol. The largest absolute Gasteiger partial charge is 0.303 e. The van der Waals surface area contributed by atoms with Crippen molar-refractivity contribution in [3.8, 4) is 0 Å². The molecule has 0 aromatic heterocycles. The Bertz CT molecular complexity index is 162. The SMILES string of the molecule is [B]C1CCCN(CCCCCCCC)CCC1. The van der Waals surface area contributed by atoms with E-state index in [4.69, 9.17) is 7.85 Å². The fourth-order valence-corrected chi connectivity index (χ4v) is 2.75. The molecule has 2 radical (unpaired) electrons. The summed E-state index contributed by atoms with van der Waals surface area (Å²) in [5.74, 6) is 0.478. The lowest BCUT2D eigenvalue weighted by atomic mass is 9.79. The first-order valence-electron chi connectivity index (χ1n) is 7.81. The van der Waals surface area contributed by atoms with E-state index in [1.165, 1.54) is 83.8 Å². The Hall–Kier alpha value is 0.0249. The van der Waals surface area contributed by atoms with Gasteiger partial charge in [-0.05, 0) is 38.9 Å². The summed E-state index contributed by atoms with van der Waals surface area (Å²) >= 11 is 0. The zero-order valence-electron chi connectivity index (χ0n) is 11.8. The fraction of sp³-hybridized carbons (Fsp3) is 1.00. The Kier molecular flexibility index (Phi) is 8.87. The Labute approximate surface area is 110 Å². The van der Waals surface area contributed by atoms with Crippen LogP contribution in [0.4, 0.5) is 0 Å². The first kappa shape index (κ1) is 15.1. The zero-order valence-corrected chi connectivity index (χ0v) is 11.8. The van der Waals surface area contributed by atoms with E-state index in [1.54, 1.807) is 0 Å². The van der Waals surface area contributed by atoms with Crippen molar-refractivity contribution in [1.82, 2.24) is 4.90 Å². The molecule has 1 saturated heterocycles. The van der Waals surface area contributed by atoms with Crippen molar-refractivity contribution in [2.75, 3.05) is 19.6 Å². The molecule has 0 bridgehead atoms. The van der Waals surface area contributed by atoms with Gasteiger partial charge in [-0.1, -0.05) is 57.7 Å². The summed E-state index contributed by atoms with van der Waals surface area (Å²) in [5, 5.41) is 0. The van der Waals surface area contributed by atoms with Crippen molar-refractivity contribution in [1.29, 1.82) is 0 Å². The van der Waals surface area contributed by atoms with Crippen LogP contribution in [0.15, 0.2) is 0 Å². The molecule has 1 heterocycles. The standard InChI is InChI=1S/C15H30BN/c1-2-3-4-5-6-7-12-17-13-8-10-15(16)11-9-14-17/h15H,2-14H2,1H3. The molecule has 0 unspecified atom stereocenters. The highest BCUT2D eigenvalue weighted by molar-refractivity contribution is 6.11. The Morgan fingerprint density at radius 3 is 2.18 bits per heavy atom. The number of likely N-dealkylation sites (tertiary alicyclic amines) is 1. The lowest BCUT2D eigenvalue weighted by Gasteiger charge is -2.26. The third kappa shape index (κ3) is 7.86. The van der Waals surface area contributed by atoms with Gasteiger partial charge >= 0.3 is 0 Å². The average molecular weight is 235 g/mol. The highest BCUT2D eigenvalue weighted by Gasteiger charge is 2.10. The molecule has 1 nitrogen and oxygen atoms in total. The maximum atomic E-state index is 6.00. The van der Waals surface area contributed by atoms with Gasteiger partial charge < -0.3 is 4.90 Å². The zero-order chi connectivity index (χ0) is 12.3. The van der Waals surface area contributed by atoms with Gasteiger partial charge in [-0.3, -0.25) is 0 Å². The van der Waals surface area contributed by atoms with Crippen molar-refractivity contribution in [3.05, 3.63) is 0 Å². The predicted octanol–water partition coefficient (Wildman–Crippen LogP) is 4.18. The predicted molar refractivity (Wildman–Crippen MR) is 77.8 cm³/mol. The van der Waals surface area contributed by atoms with Crippen molar-refractivity contribution in [2.24, 2.45) is 0 Å².